The molecular formula is C19H18Cl2N2O4. The van der Waals surface area contributed by atoms with Crippen molar-refractivity contribution in [3.63, 3.8) is 0 Å². The number of carbonyl (C=O) groups is 2. The van der Waals surface area contributed by atoms with E-state index in [2.05, 4.69) is 5.32 Å². The minimum Gasteiger partial charge on any atom is -0.493 e. The first-order valence-electron chi connectivity index (χ1n) is 8.22. The summed E-state index contributed by atoms with van der Waals surface area (Å²) in [5, 5.41) is 3.37. The monoisotopic (exact) mass is 408 g/mol. The number of hydrogen-bond acceptors (Lipinski definition) is 4. The van der Waals surface area contributed by atoms with Crippen LogP contribution in [0, 0.1) is 5.92 Å². The maximum Gasteiger partial charge on any atom is 0.229 e. The number of nitrogens with zero attached hydrogens (tertiary/aromatic N) is 1. The molecule has 3 rings (SSSR count). The fourth-order valence-electron chi connectivity index (χ4n) is 2.96. The lowest BCUT2D eigenvalue weighted by atomic mass is 10.1. The molecular weight excluding hydrogens is 391 g/mol. The first-order chi connectivity index (χ1) is 12.9. The van der Waals surface area contributed by atoms with Crippen molar-refractivity contribution in [3.8, 4) is 11.5 Å². The van der Waals surface area contributed by atoms with Crippen LogP contribution >= 0.6 is 23.2 Å². The standard InChI is InChI=1S/C19H18Cl2N2O4/c1-26-15-7-6-12(9-16(15)27-2)23-10-11(8-17(23)24)19(25)22-14-5-3-4-13(20)18(14)21/h3-7,9,11H,8,10H2,1-2H3,(H,22,25)/t11-/m0/s1. The van der Waals surface area contributed by atoms with Gasteiger partial charge in [0.25, 0.3) is 0 Å². The van der Waals surface area contributed by atoms with E-state index in [-0.39, 0.29) is 29.8 Å². The predicted octanol–water partition coefficient (Wildman–Crippen LogP) is 4.00. The molecule has 142 valence electrons. The number of nitrogens with one attached hydrogen (secondary N) is 1. The van der Waals surface area contributed by atoms with Crippen molar-refractivity contribution in [1.82, 2.24) is 0 Å². The number of rotatable bonds is 5. The zero-order chi connectivity index (χ0) is 19.6. The largest absolute Gasteiger partial charge is 0.493 e. The second-order valence-electron chi connectivity index (χ2n) is 6.04. The first-order valence-corrected chi connectivity index (χ1v) is 8.97. The average molecular weight is 409 g/mol. The van der Waals surface area contributed by atoms with E-state index in [1.165, 1.54) is 7.11 Å². The summed E-state index contributed by atoms with van der Waals surface area (Å²) in [6, 6.07) is 10.2. The molecule has 0 saturated carbocycles. The van der Waals surface area contributed by atoms with Gasteiger partial charge in [-0.15, -0.1) is 0 Å². The molecule has 0 bridgehead atoms. The van der Waals surface area contributed by atoms with Crippen LogP contribution in [0.2, 0.25) is 10.0 Å². The zero-order valence-corrected chi connectivity index (χ0v) is 16.3. The van der Waals surface area contributed by atoms with Crippen molar-refractivity contribution in [2.24, 2.45) is 5.92 Å². The van der Waals surface area contributed by atoms with Gasteiger partial charge in [0.2, 0.25) is 11.8 Å². The lowest BCUT2D eigenvalue weighted by Gasteiger charge is -2.18. The second kappa shape index (κ2) is 8.06. The van der Waals surface area contributed by atoms with Gasteiger partial charge >= 0.3 is 0 Å². The molecule has 6 nitrogen and oxygen atoms in total. The highest BCUT2D eigenvalue weighted by molar-refractivity contribution is 6.44. The van der Waals surface area contributed by atoms with Crippen LogP contribution in [-0.2, 0) is 9.59 Å². The van der Waals surface area contributed by atoms with E-state index in [1.54, 1.807) is 48.4 Å². The molecule has 1 aliphatic heterocycles. The van der Waals surface area contributed by atoms with E-state index in [0.717, 1.165) is 0 Å². The van der Waals surface area contributed by atoms with Crippen molar-refractivity contribution in [3.05, 3.63) is 46.4 Å². The Morgan fingerprint density at radius 3 is 2.59 bits per heavy atom. The Morgan fingerprint density at radius 1 is 1.15 bits per heavy atom. The lowest BCUT2D eigenvalue weighted by molar-refractivity contribution is -0.122. The number of hydrogen-bond donors (Lipinski definition) is 1. The van der Waals surface area contributed by atoms with Crippen LogP contribution in [0.25, 0.3) is 0 Å². The van der Waals surface area contributed by atoms with E-state index in [9.17, 15) is 9.59 Å². The maximum absolute atomic E-state index is 12.6. The zero-order valence-electron chi connectivity index (χ0n) is 14.8. The van der Waals surface area contributed by atoms with E-state index in [1.807, 2.05) is 0 Å². The second-order valence-corrected chi connectivity index (χ2v) is 6.82. The summed E-state index contributed by atoms with van der Waals surface area (Å²) in [5.41, 5.74) is 1.07. The fraction of sp³-hybridized carbons (Fsp3) is 0.263. The molecule has 0 aliphatic carbocycles. The first kappa shape index (κ1) is 19.3. The fourth-order valence-corrected chi connectivity index (χ4v) is 3.31. The number of methoxy groups -OCH3 is 2. The highest BCUT2D eigenvalue weighted by Crippen LogP contribution is 2.35. The highest BCUT2D eigenvalue weighted by Gasteiger charge is 2.35. The maximum atomic E-state index is 12.6. The minimum absolute atomic E-state index is 0.109. The third kappa shape index (κ3) is 3.96. The van der Waals surface area contributed by atoms with Gasteiger partial charge in [0.05, 0.1) is 35.9 Å². The quantitative estimate of drug-likeness (QED) is 0.811. The average Bonchev–Trinajstić information content (AvgIpc) is 3.06. The van der Waals surface area contributed by atoms with Crippen LogP contribution in [0.3, 0.4) is 0 Å². The Labute approximate surface area is 167 Å². The number of amides is 2. The Balaban J connectivity index is 1.75. The number of carbonyl (C=O) groups excluding carboxylic acids is 2. The molecule has 27 heavy (non-hydrogen) atoms. The van der Waals surface area contributed by atoms with Gasteiger partial charge in [-0.3, -0.25) is 9.59 Å². The summed E-state index contributed by atoms with van der Waals surface area (Å²) in [5.74, 6) is 0.162. The lowest BCUT2D eigenvalue weighted by Crippen LogP contribution is -2.28. The van der Waals surface area contributed by atoms with Gasteiger partial charge < -0.3 is 19.7 Å². The van der Waals surface area contributed by atoms with Crippen LogP contribution in [0.15, 0.2) is 36.4 Å². The molecule has 2 amide bonds. The van der Waals surface area contributed by atoms with Crippen LogP contribution in [-0.4, -0.2) is 32.6 Å². The van der Waals surface area contributed by atoms with Gasteiger partial charge in [0.1, 0.15) is 0 Å². The third-order valence-electron chi connectivity index (χ3n) is 4.38. The van der Waals surface area contributed by atoms with E-state index in [4.69, 9.17) is 32.7 Å². The smallest absolute Gasteiger partial charge is 0.229 e. The highest BCUT2D eigenvalue weighted by atomic mass is 35.5. The summed E-state index contributed by atoms with van der Waals surface area (Å²) in [7, 11) is 3.07. The van der Waals surface area contributed by atoms with Crippen LogP contribution in [0.5, 0.6) is 11.5 Å². The summed E-state index contributed by atoms with van der Waals surface area (Å²) in [6.45, 7) is 0.262. The Bertz CT molecular complexity index is 888. The van der Waals surface area contributed by atoms with Gasteiger partial charge in [0.15, 0.2) is 11.5 Å². The van der Waals surface area contributed by atoms with Crippen molar-refractivity contribution < 1.29 is 19.1 Å². The molecule has 1 aliphatic rings. The van der Waals surface area contributed by atoms with Crippen molar-refractivity contribution in [2.45, 2.75) is 6.42 Å². The SMILES string of the molecule is COc1ccc(N2C[C@@H](C(=O)Nc3cccc(Cl)c3Cl)CC2=O)cc1OC. The van der Waals surface area contributed by atoms with Crippen molar-refractivity contribution >= 4 is 46.4 Å². The van der Waals surface area contributed by atoms with E-state index >= 15 is 0 Å². The number of anilines is 2. The Kier molecular flexibility index (Phi) is 5.77. The molecule has 2 aromatic carbocycles. The number of benzene rings is 2. The molecule has 0 spiro atoms. The molecule has 1 N–H and O–H groups in total. The van der Waals surface area contributed by atoms with Crippen molar-refractivity contribution in [1.29, 1.82) is 0 Å². The van der Waals surface area contributed by atoms with E-state index < -0.39 is 5.92 Å². The summed E-state index contributed by atoms with van der Waals surface area (Å²) in [4.78, 5) is 26.6. The van der Waals surface area contributed by atoms with Gasteiger partial charge in [-0.2, -0.15) is 0 Å². The molecule has 0 aromatic heterocycles. The van der Waals surface area contributed by atoms with Gasteiger partial charge in [-0.05, 0) is 24.3 Å². The summed E-state index contributed by atoms with van der Waals surface area (Å²) >= 11 is 12.1. The molecule has 2 aromatic rings. The topological polar surface area (TPSA) is 67.9 Å². The van der Waals surface area contributed by atoms with E-state index in [0.29, 0.717) is 27.9 Å². The molecule has 8 heteroatoms. The summed E-state index contributed by atoms with van der Waals surface area (Å²) < 4.78 is 10.5. The molecule has 1 heterocycles. The van der Waals surface area contributed by atoms with Gasteiger partial charge in [-0.1, -0.05) is 29.3 Å². The Morgan fingerprint density at radius 2 is 1.89 bits per heavy atom. The minimum atomic E-state index is -0.499. The molecule has 0 radical (unpaired) electrons. The van der Waals surface area contributed by atoms with Gasteiger partial charge in [0, 0.05) is 24.7 Å². The Hall–Kier alpha value is -2.44. The van der Waals surface area contributed by atoms with Crippen LogP contribution < -0.4 is 19.7 Å². The molecule has 1 saturated heterocycles. The third-order valence-corrected chi connectivity index (χ3v) is 5.20. The number of ether oxygens (including phenoxy) is 2. The number of halogens is 2. The van der Waals surface area contributed by atoms with Crippen molar-refractivity contribution in [2.75, 3.05) is 31.0 Å². The normalized spacial score (nSPS) is 16.4. The molecule has 1 atom stereocenters. The van der Waals surface area contributed by atoms with Gasteiger partial charge in [-0.25, -0.2) is 0 Å². The van der Waals surface area contributed by atoms with Crippen LogP contribution in [0.4, 0.5) is 11.4 Å². The summed E-state index contributed by atoms with van der Waals surface area (Å²) in [6.07, 6.45) is 0.109. The van der Waals surface area contributed by atoms with Crippen LogP contribution in [0.1, 0.15) is 6.42 Å². The predicted molar refractivity (Wildman–Crippen MR) is 105 cm³/mol. The molecule has 0 unspecified atom stereocenters. The molecule has 1 fully saturated rings.